The second-order valence-electron chi connectivity index (χ2n) is 3.52. The summed E-state index contributed by atoms with van der Waals surface area (Å²) in [6.45, 7) is 5.09. The molecule has 68 valence electrons. The number of piperidine rings is 1. The Balaban J connectivity index is 2.47. The van der Waals surface area contributed by atoms with Crippen LogP contribution in [-0.2, 0) is 4.79 Å². The van der Waals surface area contributed by atoms with Gasteiger partial charge in [0.15, 0.2) is 0 Å². The van der Waals surface area contributed by atoms with Crippen LogP contribution in [0, 0.1) is 0 Å². The lowest BCUT2D eigenvalue weighted by Gasteiger charge is -2.33. The lowest BCUT2D eigenvalue weighted by molar-refractivity contribution is -0.107. The summed E-state index contributed by atoms with van der Waals surface area (Å²) >= 11 is 0. The zero-order chi connectivity index (χ0) is 8.97. The first-order valence-corrected chi connectivity index (χ1v) is 4.57. The smallest absolute Gasteiger partial charge is 0.124 e. The Morgan fingerprint density at radius 3 is 3.00 bits per heavy atom. The van der Waals surface area contributed by atoms with Crippen LogP contribution in [-0.4, -0.2) is 30.8 Å². The molecule has 0 bridgehead atoms. The summed E-state index contributed by atoms with van der Waals surface area (Å²) in [6, 6.07) is 0.448. The van der Waals surface area contributed by atoms with Crippen LogP contribution in [0.1, 0.15) is 25.7 Å². The molecular formula is C10H17NO. The second-order valence-corrected chi connectivity index (χ2v) is 3.52. The number of carbonyl (C=O) groups excluding carboxylic acids is 1. The summed E-state index contributed by atoms with van der Waals surface area (Å²) in [6.07, 6.45) is 5.19. The van der Waals surface area contributed by atoms with Gasteiger partial charge in [-0.05, 0) is 26.4 Å². The summed E-state index contributed by atoms with van der Waals surface area (Å²) < 4.78 is 0. The molecule has 1 atom stereocenters. The molecular weight excluding hydrogens is 150 g/mol. The van der Waals surface area contributed by atoms with Crippen LogP contribution >= 0.6 is 0 Å². The highest BCUT2D eigenvalue weighted by molar-refractivity contribution is 5.54. The molecule has 12 heavy (non-hydrogen) atoms. The van der Waals surface area contributed by atoms with E-state index in [1.54, 1.807) is 0 Å². The predicted octanol–water partition coefficient (Wildman–Crippen LogP) is 1.62. The number of aldehydes is 1. The van der Waals surface area contributed by atoms with Gasteiger partial charge in [-0.2, -0.15) is 0 Å². The molecule has 1 unspecified atom stereocenters. The summed E-state index contributed by atoms with van der Waals surface area (Å²) in [5, 5.41) is 0. The van der Waals surface area contributed by atoms with Gasteiger partial charge in [0.1, 0.15) is 6.29 Å². The van der Waals surface area contributed by atoms with E-state index >= 15 is 0 Å². The van der Waals surface area contributed by atoms with Gasteiger partial charge in [0.25, 0.3) is 0 Å². The minimum atomic E-state index is 0.448. The maximum absolute atomic E-state index is 10.3. The van der Waals surface area contributed by atoms with Crippen molar-refractivity contribution in [2.24, 2.45) is 0 Å². The highest BCUT2D eigenvalue weighted by Gasteiger charge is 2.20. The third-order valence-electron chi connectivity index (χ3n) is 2.59. The van der Waals surface area contributed by atoms with Crippen molar-refractivity contribution in [2.75, 3.05) is 13.6 Å². The predicted molar refractivity (Wildman–Crippen MR) is 50.1 cm³/mol. The van der Waals surface area contributed by atoms with Crippen LogP contribution in [0.2, 0.25) is 0 Å². The SMILES string of the molecule is C=C(CC=O)C1CCCCN1C. The van der Waals surface area contributed by atoms with Gasteiger partial charge in [-0.25, -0.2) is 0 Å². The molecule has 0 amide bonds. The van der Waals surface area contributed by atoms with Crippen molar-refractivity contribution in [2.45, 2.75) is 31.7 Å². The standard InChI is InChI=1S/C10H17NO/c1-9(6-8-12)10-5-3-4-7-11(10)2/h8,10H,1,3-7H2,2H3. The largest absolute Gasteiger partial charge is 0.303 e. The topological polar surface area (TPSA) is 20.3 Å². The van der Waals surface area contributed by atoms with Crippen LogP contribution in [0.15, 0.2) is 12.2 Å². The molecule has 0 aromatic heterocycles. The molecule has 1 fully saturated rings. The highest BCUT2D eigenvalue weighted by Crippen LogP contribution is 2.21. The average Bonchev–Trinajstić information content (AvgIpc) is 2.05. The molecule has 0 N–H and O–H groups in total. The molecule has 0 spiro atoms. The van der Waals surface area contributed by atoms with Crippen LogP contribution in [0.4, 0.5) is 0 Å². The third-order valence-corrected chi connectivity index (χ3v) is 2.59. The van der Waals surface area contributed by atoms with E-state index in [-0.39, 0.29) is 0 Å². The fourth-order valence-electron chi connectivity index (χ4n) is 1.83. The minimum absolute atomic E-state index is 0.448. The van der Waals surface area contributed by atoms with Gasteiger partial charge in [0, 0.05) is 12.5 Å². The first kappa shape index (κ1) is 9.46. The maximum atomic E-state index is 10.3. The maximum Gasteiger partial charge on any atom is 0.124 e. The Labute approximate surface area is 74.2 Å². The Hall–Kier alpha value is -0.630. The molecule has 1 rings (SSSR count). The summed E-state index contributed by atoms with van der Waals surface area (Å²) in [5.41, 5.74) is 1.08. The van der Waals surface area contributed by atoms with Crippen molar-refractivity contribution >= 4 is 6.29 Å². The normalized spacial score (nSPS) is 25.2. The number of carbonyl (C=O) groups is 1. The fourth-order valence-corrected chi connectivity index (χ4v) is 1.83. The van der Waals surface area contributed by atoms with E-state index in [0.29, 0.717) is 12.5 Å². The molecule has 2 heteroatoms. The van der Waals surface area contributed by atoms with E-state index < -0.39 is 0 Å². The van der Waals surface area contributed by atoms with Gasteiger partial charge in [-0.3, -0.25) is 4.90 Å². The quantitative estimate of drug-likeness (QED) is 0.470. The lowest BCUT2D eigenvalue weighted by Crippen LogP contribution is -2.37. The molecule has 1 heterocycles. The highest BCUT2D eigenvalue weighted by atomic mass is 16.1. The molecule has 0 saturated carbocycles. The minimum Gasteiger partial charge on any atom is -0.303 e. The Kier molecular flexibility index (Phi) is 3.48. The Bertz CT molecular complexity index is 177. The number of nitrogens with zero attached hydrogens (tertiary/aromatic N) is 1. The van der Waals surface area contributed by atoms with Crippen LogP contribution in [0.5, 0.6) is 0 Å². The number of likely N-dealkylation sites (N-methyl/N-ethyl adjacent to an activating group) is 1. The molecule has 0 aromatic carbocycles. The van der Waals surface area contributed by atoms with E-state index in [0.717, 1.165) is 18.4 Å². The van der Waals surface area contributed by atoms with Crippen molar-refractivity contribution in [1.82, 2.24) is 4.90 Å². The van der Waals surface area contributed by atoms with E-state index in [2.05, 4.69) is 18.5 Å². The lowest BCUT2D eigenvalue weighted by atomic mass is 9.95. The van der Waals surface area contributed by atoms with E-state index in [1.165, 1.54) is 19.3 Å². The monoisotopic (exact) mass is 167 g/mol. The summed E-state index contributed by atoms with van der Waals surface area (Å²) in [5.74, 6) is 0. The molecule has 0 aromatic rings. The van der Waals surface area contributed by atoms with E-state index in [9.17, 15) is 4.79 Å². The van der Waals surface area contributed by atoms with E-state index in [4.69, 9.17) is 0 Å². The number of hydrogen-bond donors (Lipinski definition) is 0. The van der Waals surface area contributed by atoms with Crippen LogP contribution < -0.4 is 0 Å². The molecule has 2 nitrogen and oxygen atoms in total. The van der Waals surface area contributed by atoms with Gasteiger partial charge in [0.2, 0.25) is 0 Å². The summed E-state index contributed by atoms with van der Waals surface area (Å²) in [7, 11) is 2.11. The second kappa shape index (κ2) is 4.41. The third kappa shape index (κ3) is 2.18. The van der Waals surface area contributed by atoms with Crippen molar-refractivity contribution in [1.29, 1.82) is 0 Å². The number of hydrogen-bond acceptors (Lipinski definition) is 2. The average molecular weight is 167 g/mol. The molecule has 1 aliphatic heterocycles. The van der Waals surface area contributed by atoms with Gasteiger partial charge in [-0.1, -0.05) is 18.6 Å². The molecule has 1 saturated heterocycles. The first-order valence-electron chi connectivity index (χ1n) is 4.57. The van der Waals surface area contributed by atoms with Gasteiger partial charge in [0.05, 0.1) is 0 Å². The van der Waals surface area contributed by atoms with Crippen molar-refractivity contribution < 1.29 is 4.79 Å². The van der Waals surface area contributed by atoms with Gasteiger partial charge < -0.3 is 4.79 Å². The van der Waals surface area contributed by atoms with Crippen molar-refractivity contribution in [3.63, 3.8) is 0 Å². The summed E-state index contributed by atoms with van der Waals surface area (Å²) in [4.78, 5) is 12.6. The zero-order valence-corrected chi connectivity index (χ0v) is 7.75. The number of likely N-dealkylation sites (tertiary alicyclic amines) is 1. The molecule has 0 radical (unpaired) electrons. The Morgan fingerprint density at radius 2 is 2.42 bits per heavy atom. The van der Waals surface area contributed by atoms with E-state index in [1.807, 2.05) is 0 Å². The zero-order valence-electron chi connectivity index (χ0n) is 7.75. The van der Waals surface area contributed by atoms with Gasteiger partial charge >= 0.3 is 0 Å². The van der Waals surface area contributed by atoms with Crippen LogP contribution in [0.25, 0.3) is 0 Å². The molecule has 1 aliphatic rings. The van der Waals surface area contributed by atoms with Crippen LogP contribution in [0.3, 0.4) is 0 Å². The molecule has 0 aliphatic carbocycles. The van der Waals surface area contributed by atoms with Gasteiger partial charge in [-0.15, -0.1) is 0 Å². The fraction of sp³-hybridized carbons (Fsp3) is 0.700. The number of rotatable bonds is 3. The Morgan fingerprint density at radius 1 is 1.67 bits per heavy atom. The van der Waals surface area contributed by atoms with Crippen molar-refractivity contribution in [3.8, 4) is 0 Å². The van der Waals surface area contributed by atoms with Crippen molar-refractivity contribution in [3.05, 3.63) is 12.2 Å². The first-order chi connectivity index (χ1) is 5.75.